The fraction of sp³-hybridized carbons (Fsp3) is 0.545. The van der Waals surface area contributed by atoms with Gasteiger partial charge in [-0.3, -0.25) is 9.69 Å². The first-order valence-electron chi connectivity index (χ1n) is 5.31. The van der Waals surface area contributed by atoms with Gasteiger partial charge < -0.3 is 0 Å². The van der Waals surface area contributed by atoms with Crippen molar-refractivity contribution in [3.05, 3.63) is 17.1 Å². The van der Waals surface area contributed by atoms with E-state index in [-0.39, 0.29) is 5.91 Å². The predicted molar refractivity (Wildman–Crippen MR) is 55.9 cm³/mol. The average molecular weight is 203 g/mol. The van der Waals surface area contributed by atoms with Gasteiger partial charge in [-0.05, 0) is 19.8 Å². The van der Waals surface area contributed by atoms with Crippen LogP contribution in [0.2, 0.25) is 0 Å². The zero-order chi connectivity index (χ0) is 10.6. The van der Waals surface area contributed by atoms with Crippen LogP contribution in [0.15, 0.2) is 0 Å². The maximum atomic E-state index is 11.5. The first kappa shape index (κ1) is 8.83. The topological polar surface area (TPSA) is 46.1 Å². The molecule has 0 atom stereocenters. The van der Waals surface area contributed by atoms with E-state index in [1.54, 1.807) is 11.9 Å². The summed E-state index contributed by atoms with van der Waals surface area (Å²) in [6, 6.07) is 0. The molecule has 1 amide bonds. The Morgan fingerprint density at radius 2 is 2.07 bits per heavy atom. The Bertz CT molecular complexity index is 451. The van der Waals surface area contributed by atoms with Gasteiger partial charge in [-0.25, -0.2) is 9.97 Å². The lowest BCUT2D eigenvalue weighted by Gasteiger charge is -2.10. The molecule has 1 saturated carbocycles. The van der Waals surface area contributed by atoms with Crippen LogP contribution >= 0.6 is 0 Å². The van der Waals surface area contributed by atoms with Gasteiger partial charge in [0.1, 0.15) is 11.6 Å². The van der Waals surface area contributed by atoms with Crippen molar-refractivity contribution in [2.45, 2.75) is 32.1 Å². The molecule has 2 aliphatic rings. The molecule has 1 aliphatic carbocycles. The Balaban J connectivity index is 2.13. The molecular weight excluding hydrogens is 190 g/mol. The van der Waals surface area contributed by atoms with E-state index in [0.717, 1.165) is 22.9 Å². The van der Waals surface area contributed by atoms with Crippen molar-refractivity contribution in [2.75, 3.05) is 11.9 Å². The van der Waals surface area contributed by atoms with Crippen LogP contribution in [0.25, 0.3) is 0 Å². The van der Waals surface area contributed by atoms with Crippen molar-refractivity contribution in [1.82, 2.24) is 9.97 Å². The van der Waals surface area contributed by atoms with Crippen LogP contribution in [-0.2, 0) is 11.2 Å². The molecule has 3 rings (SSSR count). The molecule has 4 nitrogen and oxygen atoms in total. The van der Waals surface area contributed by atoms with Crippen molar-refractivity contribution < 1.29 is 4.79 Å². The molecule has 2 heterocycles. The quantitative estimate of drug-likeness (QED) is 0.688. The number of aromatic nitrogens is 2. The third-order valence-electron chi connectivity index (χ3n) is 3.17. The average Bonchev–Trinajstić information content (AvgIpc) is 2.99. The smallest absolute Gasteiger partial charge is 0.232 e. The summed E-state index contributed by atoms with van der Waals surface area (Å²) >= 11 is 0. The highest BCUT2D eigenvalue weighted by Crippen LogP contribution is 2.40. The van der Waals surface area contributed by atoms with E-state index in [1.807, 2.05) is 6.92 Å². The molecule has 0 bridgehead atoms. The molecule has 1 aromatic heterocycles. The van der Waals surface area contributed by atoms with Gasteiger partial charge in [-0.2, -0.15) is 0 Å². The van der Waals surface area contributed by atoms with Crippen LogP contribution in [0, 0.1) is 6.92 Å². The van der Waals surface area contributed by atoms with Crippen LogP contribution in [0.5, 0.6) is 0 Å². The SMILES string of the molecule is Cc1nc(C2CC2)nc2c1CC(=O)N2C. The number of hydrogen-bond acceptors (Lipinski definition) is 3. The molecule has 15 heavy (non-hydrogen) atoms. The summed E-state index contributed by atoms with van der Waals surface area (Å²) in [5.74, 6) is 2.41. The Hall–Kier alpha value is -1.45. The number of rotatable bonds is 1. The van der Waals surface area contributed by atoms with Gasteiger partial charge in [0.05, 0.1) is 6.42 Å². The second-order valence-electron chi connectivity index (χ2n) is 4.37. The van der Waals surface area contributed by atoms with Gasteiger partial charge in [0.25, 0.3) is 0 Å². The van der Waals surface area contributed by atoms with E-state index < -0.39 is 0 Å². The van der Waals surface area contributed by atoms with E-state index in [1.165, 1.54) is 12.8 Å². The third-order valence-corrected chi connectivity index (χ3v) is 3.17. The Kier molecular flexibility index (Phi) is 1.63. The Labute approximate surface area is 88.3 Å². The molecule has 0 spiro atoms. The summed E-state index contributed by atoms with van der Waals surface area (Å²) in [5.41, 5.74) is 1.98. The molecule has 0 unspecified atom stereocenters. The van der Waals surface area contributed by atoms with Crippen LogP contribution in [-0.4, -0.2) is 22.9 Å². The number of aryl methyl sites for hydroxylation is 1. The summed E-state index contributed by atoms with van der Waals surface area (Å²) in [4.78, 5) is 22.2. The number of likely N-dealkylation sites (N-methyl/N-ethyl adjacent to an activating group) is 1. The fourth-order valence-corrected chi connectivity index (χ4v) is 2.00. The highest BCUT2D eigenvalue weighted by Gasteiger charge is 2.32. The highest BCUT2D eigenvalue weighted by atomic mass is 16.2. The Morgan fingerprint density at radius 3 is 2.73 bits per heavy atom. The van der Waals surface area contributed by atoms with E-state index in [9.17, 15) is 4.79 Å². The second-order valence-corrected chi connectivity index (χ2v) is 4.37. The van der Waals surface area contributed by atoms with Gasteiger partial charge in [0, 0.05) is 24.2 Å². The van der Waals surface area contributed by atoms with Crippen molar-refractivity contribution >= 4 is 11.7 Å². The molecule has 1 aromatic rings. The lowest BCUT2D eigenvalue weighted by Crippen LogP contribution is -2.21. The summed E-state index contributed by atoms with van der Waals surface area (Å²) in [6.07, 6.45) is 2.84. The number of nitrogens with zero attached hydrogens (tertiary/aromatic N) is 3. The summed E-state index contributed by atoms with van der Waals surface area (Å²) in [5, 5.41) is 0. The maximum Gasteiger partial charge on any atom is 0.232 e. The zero-order valence-electron chi connectivity index (χ0n) is 8.95. The maximum absolute atomic E-state index is 11.5. The highest BCUT2D eigenvalue weighted by molar-refractivity contribution is 5.99. The van der Waals surface area contributed by atoms with E-state index in [4.69, 9.17) is 0 Å². The molecule has 0 N–H and O–H groups in total. The normalized spacial score (nSPS) is 19.6. The lowest BCUT2D eigenvalue weighted by atomic mass is 10.2. The number of hydrogen-bond donors (Lipinski definition) is 0. The lowest BCUT2D eigenvalue weighted by molar-refractivity contribution is -0.117. The molecule has 0 radical (unpaired) electrons. The summed E-state index contributed by atoms with van der Waals surface area (Å²) < 4.78 is 0. The van der Waals surface area contributed by atoms with Crippen molar-refractivity contribution in [2.24, 2.45) is 0 Å². The van der Waals surface area contributed by atoms with Crippen molar-refractivity contribution in [3.63, 3.8) is 0 Å². The summed E-state index contributed by atoms with van der Waals surface area (Å²) in [7, 11) is 1.79. The van der Waals surface area contributed by atoms with Gasteiger partial charge in [0.15, 0.2) is 0 Å². The standard InChI is InChI=1S/C11H13N3O/c1-6-8-5-9(15)14(2)11(8)13-10(12-6)7-3-4-7/h7H,3-5H2,1-2H3. The van der Waals surface area contributed by atoms with Gasteiger partial charge in [-0.1, -0.05) is 0 Å². The molecule has 78 valence electrons. The van der Waals surface area contributed by atoms with Crippen LogP contribution in [0.1, 0.15) is 35.8 Å². The predicted octanol–water partition coefficient (Wildman–Crippen LogP) is 1.18. The molecule has 1 aliphatic heterocycles. The monoisotopic (exact) mass is 203 g/mol. The Morgan fingerprint density at radius 1 is 1.33 bits per heavy atom. The number of anilines is 1. The minimum absolute atomic E-state index is 0.121. The molecule has 0 aromatic carbocycles. The molecule has 0 saturated heterocycles. The second kappa shape index (κ2) is 2.78. The summed E-state index contributed by atoms with van der Waals surface area (Å²) in [6.45, 7) is 1.97. The first-order chi connectivity index (χ1) is 7.16. The third kappa shape index (κ3) is 1.24. The van der Waals surface area contributed by atoms with Crippen LogP contribution in [0.4, 0.5) is 5.82 Å². The van der Waals surface area contributed by atoms with Crippen molar-refractivity contribution in [1.29, 1.82) is 0 Å². The van der Waals surface area contributed by atoms with E-state index in [2.05, 4.69) is 9.97 Å². The number of fused-ring (bicyclic) bond motifs is 1. The first-order valence-corrected chi connectivity index (χ1v) is 5.31. The number of carbonyl (C=O) groups is 1. The number of carbonyl (C=O) groups excluding carboxylic acids is 1. The van der Waals surface area contributed by atoms with Crippen LogP contribution in [0.3, 0.4) is 0 Å². The zero-order valence-corrected chi connectivity index (χ0v) is 8.95. The van der Waals surface area contributed by atoms with E-state index >= 15 is 0 Å². The molecular formula is C11H13N3O. The molecule has 1 fully saturated rings. The largest absolute Gasteiger partial charge is 0.299 e. The van der Waals surface area contributed by atoms with E-state index in [0.29, 0.717) is 12.3 Å². The minimum Gasteiger partial charge on any atom is -0.299 e. The number of amides is 1. The van der Waals surface area contributed by atoms with Crippen molar-refractivity contribution in [3.8, 4) is 0 Å². The fourth-order valence-electron chi connectivity index (χ4n) is 2.00. The van der Waals surface area contributed by atoms with Gasteiger partial charge in [0.2, 0.25) is 5.91 Å². The minimum atomic E-state index is 0.121. The van der Waals surface area contributed by atoms with Crippen LogP contribution < -0.4 is 4.90 Å². The van der Waals surface area contributed by atoms with Gasteiger partial charge in [-0.15, -0.1) is 0 Å². The molecule has 4 heteroatoms. The van der Waals surface area contributed by atoms with Gasteiger partial charge >= 0.3 is 0 Å².